The summed E-state index contributed by atoms with van der Waals surface area (Å²) in [6, 6.07) is 6.85. The molecule has 4 heterocycles. The Kier molecular flexibility index (Phi) is 5.08. The van der Waals surface area contributed by atoms with E-state index in [0.717, 1.165) is 30.8 Å². The number of hydrogen-bond acceptors (Lipinski definition) is 7. The van der Waals surface area contributed by atoms with E-state index in [0.29, 0.717) is 16.6 Å². The van der Waals surface area contributed by atoms with E-state index < -0.39 is 0 Å². The van der Waals surface area contributed by atoms with Crippen molar-refractivity contribution in [2.75, 3.05) is 11.4 Å². The zero-order chi connectivity index (χ0) is 19.7. The molecule has 0 bridgehead atoms. The Labute approximate surface area is 166 Å². The molecule has 8 nitrogen and oxygen atoms in total. The zero-order valence-electron chi connectivity index (χ0n) is 15.8. The number of anilines is 1. The predicted molar refractivity (Wildman–Crippen MR) is 108 cm³/mol. The molecular formula is C19H22N6O2S. The average Bonchev–Trinajstić information content (AvgIpc) is 3.33. The number of carbonyl (C=O) groups is 1. The molecule has 1 atom stereocenters. The third-order valence-electron chi connectivity index (χ3n) is 4.82. The second kappa shape index (κ2) is 7.67. The summed E-state index contributed by atoms with van der Waals surface area (Å²) in [5.41, 5.74) is 1.38. The highest BCUT2D eigenvalue weighted by Gasteiger charge is 2.33. The van der Waals surface area contributed by atoms with Gasteiger partial charge in [-0.3, -0.25) is 14.6 Å². The lowest BCUT2D eigenvalue weighted by Crippen LogP contribution is -2.43. The van der Waals surface area contributed by atoms with E-state index in [2.05, 4.69) is 20.4 Å². The molecular weight excluding hydrogens is 376 g/mol. The summed E-state index contributed by atoms with van der Waals surface area (Å²) in [6.45, 7) is 5.13. The molecule has 28 heavy (non-hydrogen) atoms. The Morgan fingerprint density at radius 1 is 1.39 bits per heavy atom. The maximum absolute atomic E-state index is 12.7. The van der Waals surface area contributed by atoms with Gasteiger partial charge in [-0.05, 0) is 30.9 Å². The third kappa shape index (κ3) is 3.62. The van der Waals surface area contributed by atoms with E-state index in [1.165, 1.54) is 21.9 Å². The van der Waals surface area contributed by atoms with Crippen LogP contribution in [0.5, 0.6) is 0 Å². The molecule has 1 aliphatic heterocycles. The van der Waals surface area contributed by atoms with E-state index in [-0.39, 0.29) is 23.4 Å². The maximum Gasteiger partial charge on any atom is 0.275 e. The first-order valence-corrected chi connectivity index (χ1v) is 10.2. The predicted octanol–water partition coefficient (Wildman–Crippen LogP) is 1.95. The number of nitrogens with zero attached hydrogens (tertiary/aromatic N) is 5. The number of nitrogens with one attached hydrogen (secondary N) is 1. The molecule has 9 heteroatoms. The largest absolute Gasteiger partial charge is 0.349 e. The number of hydrogen-bond donors (Lipinski definition) is 1. The summed E-state index contributed by atoms with van der Waals surface area (Å²) in [7, 11) is 0. The van der Waals surface area contributed by atoms with Gasteiger partial charge in [0.1, 0.15) is 6.04 Å². The molecule has 1 fully saturated rings. The topological polar surface area (TPSA) is 92.5 Å². The van der Waals surface area contributed by atoms with Gasteiger partial charge in [-0.25, -0.2) is 4.98 Å². The van der Waals surface area contributed by atoms with Crippen molar-refractivity contribution >= 4 is 27.3 Å². The van der Waals surface area contributed by atoms with Crippen LogP contribution >= 0.6 is 11.3 Å². The van der Waals surface area contributed by atoms with Crippen LogP contribution in [0.25, 0.3) is 4.96 Å². The van der Waals surface area contributed by atoms with Gasteiger partial charge in [0.25, 0.3) is 5.56 Å². The van der Waals surface area contributed by atoms with Crippen molar-refractivity contribution < 1.29 is 4.79 Å². The summed E-state index contributed by atoms with van der Waals surface area (Å²) in [5, 5.41) is 8.05. The number of pyridine rings is 1. The lowest BCUT2D eigenvalue weighted by Gasteiger charge is -2.22. The van der Waals surface area contributed by atoms with E-state index in [4.69, 9.17) is 0 Å². The number of amides is 1. The van der Waals surface area contributed by atoms with Gasteiger partial charge in [0.05, 0.1) is 17.9 Å². The van der Waals surface area contributed by atoms with E-state index in [9.17, 15) is 9.59 Å². The molecule has 1 N–H and O–H groups in total. The smallest absolute Gasteiger partial charge is 0.275 e. The highest BCUT2D eigenvalue weighted by atomic mass is 32.1. The first-order chi connectivity index (χ1) is 13.5. The highest BCUT2D eigenvalue weighted by Crippen LogP contribution is 2.29. The molecule has 0 spiro atoms. The Morgan fingerprint density at radius 2 is 2.25 bits per heavy atom. The third-order valence-corrected chi connectivity index (χ3v) is 5.76. The first kappa shape index (κ1) is 18.5. The summed E-state index contributed by atoms with van der Waals surface area (Å²) >= 11 is 1.35. The van der Waals surface area contributed by atoms with Crippen LogP contribution in [0, 0.1) is 0 Å². The molecule has 0 saturated carbocycles. The second-order valence-corrected chi connectivity index (χ2v) is 8.08. The van der Waals surface area contributed by atoms with E-state index in [1.54, 1.807) is 6.20 Å². The zero-order valence-corrected chi connectivity index (χ0v) is 16.6. The number of fused-ring (bicyclic) bond motifs is 1. The van der Waals surface area contributed by atoms with Crippen LogP contribution in [0.4, 0.5) is 5.13 Å². The molecule has 4 rings (SSSR count). The lowest BCUT2D eigenvalue weighted by atomic mass is 10.1. The fraction of sp³-hybridized carbons (Fsp3) is 0.421. The van der Waals surface area contributed by atoms with Gasteiger partial charge in [0.15, 0.2) is 0 Å². The van der Waals surface area contributed by atoms with Gasteiger partial charge in [-0.2, -0.15) is 4.52 Å². The fourth-order valence-corrected chi connectivity index (χ4v) is 4.29. The van der Waals surface area contributed by atoms with Crippen molar-refractivity contribution in [1.82, 2.24) is 24.9 Å². The SMILES string of the molecule is CC(C)c1cc(=O)n2nc(N3CCC[C@@H]3C(=O)NCc3ccccn3)sc2n1. The Morgan fingerprint density at radius 3 is 3.00 bits per heavy atom. The number of aromatic nitrogens is 4. The Balaban J connectivity index is 1.55. The second-order valence-electron chi connectivity index (χ2n) is 7.14. The van der Waals surface area contributed by atoms with E-state index in [1.807, 2.05) is 36.9 Å². The molecule has 0 aliphatic carbocycles. The maximum atomic E-state index is 12.7. The Hall–Kier alpha value is -2.81. The molecule has 1 saturated heterocycles. The molecule has 3 aromatic heterocycles. The van der Waals surface area contributed by atoms with Crippen LogP contribution in [0.15, 0.2) is 35.3 Å². The number of carbonyl (C=O) groups excluding carboxylic acids is 1. The van der Waals surface area contributed by atoms with Crippen LogP contribution in [0.2, 0.25) is 0 Å². The van der Waals surface area contributed by atoms with Gasteiger partial charge in [-0.1, -0.05) is 31.3 Å². The fourth-order valence-electron chi connectivity index (χ4n) is 3.30. The van der Waals surface area contributed by atoms with Gasteiger partial charge >= 0.3 is 0 Å². The van der Waals surface area contributed by atoms with Gasteiger partial charge in [-0.15, -0.1) is 5.10 Å². The van der Waals surface area contributed by atoms with Crippen LogP contribution in [-0.4, -0.2) is 38.1 Å². The minimum atomic E-state index is -0.301. The molecule has 3 aromatic rings. The van der Waals surface area contributed by atoms with Crippen molar-refractivity contribution in [2.24, 2.45) is 0 Å². The highest BCUT2D eigenvalue weighted by molar-refractivity contribution is 7.20. The molecule has 0 unspecified atom stereocenters. The molecule has 146 valence electrons. The minimum Gasteiger partial charge on any atom is -0.349 e. The standard InChI is InChI=1S/C19H22N6O2S/c1-12(2)14-10-16(26)25-18(22-14)28-19(23-25)24-9-5-7-15(24)17(27)21-11-13-6-3-4-8-20-13/h3-4,6,8,10,12,15H,5,7,9,11H2,1-2H3,(H,21,27)/t15-/m1/s1. The van der Waals surface area contributed by atoms with Gasteiger partial charge < -0.3 is 10.2 Å². The summed E-state index contributed by atoms with van der Waals surface area (Å²) in [4.78, 5) is 36.4. The van der Waals surface area contributed by atoms with Crippen molar-refractivity contribution in [2.45, 2.75) is 45.2 Å². The molecule has 1 aliphatic rings. The Bertz CT molecular complexity index is 1050. The average molecular weight is 398 g/mol. The van der Waals surface area contributed by atoms with Gasteiger partial charge in [0.2, 0.25) is 16.0 Å². The summed E-state index contributed by atoms with van der Waals surface area (Å²) in [6.07, 6.45) is 3.36. The normalized spacial score (nSPS) is 16.8. The van der Waals surface area contributed by atoms with Crippen molar-refractivity contribution in [3.63, 3.8) is 0 Å². The first-order valence-electron chi connectivity index (χ1n) is 9.38. The quantitative estimate of drug-likeness (QED) is 0.706. The van der Waals surface area contributed by atoms with Crippen molar-refractivity contribution in [1.29, 1.82) is 0 Å². The van der Waals surface area contributed by atoms with Gasteiger partial charge in [0, 0.05) is 18.8 Å². The monoisotopic (exact) mass is 398 g/mol. The number of rotatable bonds is 5. The van der Waals surface area contributed by atoms with Crippen LogP contribution in [0.1, 0.15) is 44.0 Å². The minimum absolute atomic E-state index is 0.0504. The van der Waals surface area contributed by atoms with Crippen LogP contribution < -0.4 is 15.8 Å². The summed E-state index contributed by atoms with van der Waals surface area (Å²) < 4.78 is 1.33. The summed E-state index contributed by atoms with van der Waals surface area (Å²) in [5.74, 6) is 0.116. The van der Waals surface area contributed by atoms with E-state index >= 15 is 0 Å². The van der Waals surface area contributed by atoms with Crippen LogP contribution in [-0.2, 0) is 11.3 Å². The van der Waals surface area contributed by atoms with Crippen molar-refractivity contribution in [3.8, 4) is 0 Å². The molecule has 0 aromatic carbocycles. The van der Waals surface area contributed by atoms with Crippen LogP contribution in [0.3, 0.4) is 0 Å². The lowest BCUT2D eigenvalue weighted by molar-refractivity contribution is -0.122. The molecule has 0 radical (unpaired) electrons. The van der Waals surface area contributed by atoms with Crippen molar-refractivity contribution in [3.05, 3.63) is 52.2 Å². The molecule has 1 amide bonds.